The van der Waals surface area contributed by atoms with Crippen LogP contribution in [0.4, 0.5) is 0 Å². The molecule has 4 rings (SSSR count). The number of aryl methyl sites for hydroxylation is 1. The van der Waals surface area contributed by atoms with Crippen LogP contribution in [0.5, 0.6) is 5.75 Å². The second kappa shape index (κ2) is 8.62. The lowest BCUT2D eigenvalue weighted by Crippen LogP contribution is -2.39. The van der Waals surface area contributed by atoms with Gasteiger partial charge in [0.1, 0.15) is 11.9 Å². The number of rotatable bonds is 4. The zero-order chi connectivity index (χ0) is 20.4. The number of phenolic OH excluding ortho intramolecular Hbond substituents is 1. The molecule has 2 atom stereocenters. The van der Waals surface area contributed by atoms with Crippen molar-refractivity contribution in [3.05, 3.63) is 105 Å². The Balaban J connectivity index is 1.75. The molecule has 2 unspecified atom stereocenters. The normalized spacial score (nSPS) is 18.8. The van der Waals surface area contributed by atoms with Gasteiger partial charge in [0, 0.05) is 20.8 Å². The molecule has 0 amide bonds. The maximum Gasteiger partial charge on any atom is 0.120 e. The fraction of sp³-hybridized carbons (Fsp3) is 0.167. The Morgan fingerprint density at radius 2 is 1.72 bits per heavy atom. The summed E-state index contributed by atoms with van der Waals surface area (Å²) in [5, 5.41) is 18.4. The number of nitrogens with one attached hydrogen (secondary N) is 2. The summed E-state index contributed by atoms with van der Waals surface area (Å²) in [6.45, 7) is 2.15. The quantitative estimate of drug-likeness (QED) is 0.417. The van der Waals surface area contributed by atoms with E-state index in [0.29, 0.717) is 5.02 Å². The lowest BCUT2D eigenvalue weighted by Gasteiger charge is -2.33. The molecule has 0 spiro atoms. The first kappa shape index (κ1) is 20.0. The first-order valence-corrected chi connectivity index (χ1v) is 10.8. The molecule has 3 nitrogen and oxygen atoms in total. The minimum Gasteiger partial charge on any atom is -0.508 e. The fourth-order valence-electron chi connectivity index (χ4n) is 3.53. The van der Waals surface area contributed by atoms with Gasteiger partial charge in [0.25, 0.3) is 0 Å². The van der Waals surface area contributed by atoms with Gasteiger partial charge in [-0.15, -0.1) is 0 Å². The van der Waals surface area contributed by atoms with Crippen molar-refractivity contribution in [2.75, 3.05) is 0 Å². The van der Waals surface area contributed by atoms with E-state index in [0.717, 1.165) is 33.3 Å². The zero-order valence-electron chi connectivity index (χ0n) is 16.0. The molecular formula is C24H22BrClN2O. The number of aromatic hydroxyl groups is 1. The molecule has 3 N–H and O–H groups in total. The molecule has 0 saturated carbocycles. The second-order valence-corrected chi connectivity index (χ2v) is 8.46. The molecule has 1 heterocycles. The number of hydrogen-bond donors (Lipinski definition) is 3. The van der Waals surface area contributed by atoms with E-state index in [9.17, 15) is 5.11 Å². The van der Waals surface area contributed by atoms with E-state index in [1.54, 1.807) is 6.07 Å². The van der Waals surface area contributed by atoms with Gasteiger partial charge >= 0.3 is 0 Å². The van der Waals surface area contributed by atoms with E-state index < -0.39 is 0 Å². The molecule has 1 aliphatic heterocycles. The topological polar surface area (TPSA) is 44.3 Å². The third-order valence-electron chi connectivity index (χ3n) is 5.18. The Labute approximate surface area is 184 Å². The van der Waals surface area contributed by atoms with Crippen LogP contribution in [0.2, 0.25) is 5.02 Å². The van der Waals surface area contributed by atoms with E-state index in [1.165, 1.54) is 5.56 Å². The van der Waals surface area contributed by atoms with E-state index in [1.807, 2.05) is 36.4 Å². The molecule has 0 radical (unpaired) electrons. The summed E-state index contributed by atoms with van der Waals surface area (Å²) in [7, 11) is 0. The van der Waals surface area contributed by atoms with Crippen molar-refractivity contribution >= 4 is 33.2 Å². The van der Waals surface area contributed by atoms with Crippen LogP contribution in [0, 0.1) is 0 Å². The van der Waals surface area contributed by atoms with Gasteiger partial charge in [0.15, 0.2) is 0 Å². The fourth-order valence-corrected chi connectivity index (χ4v) is 4.03. The van der Waals surface area contributed by atoms with Crippen LogP contribution in [-0.4, -0.2) is 5.11 Å². The van der Waals surface area contributed by atoms with E-state index >= 15 is 0 Å². The molecule has 5 heteroatoms. The summed E-state index contributed by atoms with van der Waals surface area (Å²) in [6, 6.07) is 21.7. The van der Waals surface area contributed by atoms with E-state index in [2.05, 4.69) is 63.8 Å². The highest BCUT2D eigenvalue weighted by atomic mass is 79.9. The van der Waals surface area contributed by atoms with Crippen LogP contribution >= 0.6 is 27.5 Å². The van der Waals surface area contributed by atoms with Crippen LogP contribution in [0.25, 0.3) is 5.70 Å². The predicted molar refractivity (Wildman–Crippen MR) is 123 cm³/mol. The van der Waals surface area contributed by atoms with Crippen molar-refractivity contribution in [3.8, 4) is 5.75 Å². The summed E-state index contributed by atoms with van der Waals surface area (Å²) >= 11 is 9.59. The molecule has 29 heavy (non-hydrogen) atoms. The largest absolute Gasteiger partial charge is 0.508 e. The first-order chi connectivity index (χ1) is 14.0. The summed E-state index contributed by atoms with van der Waals surface area (Å²) in [5.41, 5.74) is 5.34. The summed E-state index contributed by atoms with van der Waals surface area (Å²) in [5.74, 6) is 0.263. The van der Waals surface area contributed by atoms with Crippen molar-refractivity contribution < 1.29 is 5.11 Å². The van der Waals surface area contributed by atoms with Crippen molar-refractivity contribution in [2.45, 2.75) is 25.6 Å². The van der Waals surface area contributed by atoms with Gasteiger partial charge in [0.2, 0.25) is 0 Å². The maximum absolute atomic E-state index is 10.5. The average molecular weight is 470 g/mol. The average Bonchev–Trinajstić information content (AvgIpc) is 2.75. The van der Waals surface area contributed by atoms with Gasteiger partial charge in [-0.05, 0) is 59.5 Å². The molecule has 3 aromatic carbocycles. The SMILES string of the molecule is CCc1ccc(C2=CC(c3cc(Br)ccc3O)NC(c3ccc(Cl)cc3)N2)cc1. The summed E-state index contributed by atoms with van der Waals surface area (Å²) in [6.07, 6.45) is 3.01. The first-order valence-electron chi connectivity index (χ1n) is 9.61. The molecule has 148 valence electrons. The van der Waals surface area contributed by atoms with Gasteiger partial charge in [-0.2, -0.15) is 0 Å². The lowest BCUT2D eigenvalue weighted by molar-refractivity contribution is 0.419. The Hall–Kier alpha value is -2.27. The molecule has 0 fully saturated rings. The molecule has 0 saturated heterocycles. The number of hydrogen-bond acceptors (Lipinski definition) is 3. The van der Waals surface area contributed by atoms with E-state index in [4.69, 9.17) is 11.6 Å². The molecule has 0 bridgehead atoms. The predicted octanol–water partition coefficient (Wildman–Crippen LogP) is 6.34. The minimum absolute atomic E-state index is 0.124. The summed E-state index contributed by atoms with van der Waals surface area (Å²) < 4.78 is 0.927. The van der Waals surface area contributed by atoms with Crippen LogP contribution in [-0.2, 0) is 6.42 Å². The van der Waals surface area contributed by atoms with Gasteiger partial charge in [-0.25, -0.2) is 0 Å². The molecular weight excluding hydrogens is 448 g/mol. The van der Waals surface area contributed by atoms with Crippen LogP contribution in [0.15, 0.2) is 77.3 Å². The maximum atomic E-state index is 10.5. The van der Waals surface area contributed by atoms with Crippen LogP contribution < -0.4 is 10.6 Å². The van der Waals surface area contributed by atoms with Crippen LogP contribution in [0.1, 0.15) is 41.4 Å². The monoisotopic (exact) mass is 468 g/mol. The third kappa shape index (κ3) is 4.50. The standard InChI is InChI=1S/C24H22BrClN2O/c1-2-15-3-5-16(6-4-15)21-14-22(20-13-18(25)9-12-23(20)29)28-24(27-21)17-7-10-19(26)11-8-17/h3-14,22,24,27-29H,2H2,1H3. The molecule has 0 aromatic heterocycles. The van der Waals surface area contributed by atoms with Gasteiger partial charge in [-0.1, -0.05) is 70.9 Å². The Morgan fingerprint density at radius 3 is 2.41 bits per heavy atom. The van der Waals surface area contributed by atoms with Gasteiger partial charge < -0.3 is 10.4 Å². The van der Waals surface area contributed by atoms with Crippen molar-refractivity contribution in [1.82, 2.24) is 10.6 Å². The molecule has 0 aliphatic carbocycles. The van der Waals surface area contributed by atoms with Crippen molar-refractivity contribution in [1.29, 1.82) is 0 Å². The van der Waals surface area contributed by atoms with Crippen molar-refractivity contribution in [3.63, 3.8) is 0 Å². The Kier molecular flexibility index (Phi) is 5.95. The van der Waals surface area contributed by atoms with Gasteiger partial charge in [-0.3, -0.25) is 5.32 Å². The third-order valence-corrected chi connectivity index (χ3v) is 5.93. The Bertz CT molecular complexity index is 1030. The molecule has 3 aromatic rings. The number of phenols is 1. The Morgan fingerprint density at radius 1 is 1.00 bits per heavy atom. The smallest absolute Gasteiger partial charge is 0.120 e. The highest BCUT2D eigenvalue weighted by molar-refractivity contribution is 9.10. The highest BCUT2D eigenvalue weighted by Gasteiger charge is 2.25. The molecule has 1 aliphatic rings. The summed E-state index contributed by atoms with van der Waals surface area (Å²) in [4.78, 5) is 0. The van der Waals surface area contributed by atoms with Gasteiger partial charge in [0.05, 0.1) is 6.04 Å². The van der Waals surface area contributed by atoms with Crippen molar-refractivity contribution in [2.24, 2.45) is 0 Å². The number of halogens is 2. The van der Waals surface area contributed by atoms with Crippen LogP contribution in [0.3, 0.4) is 0 Å². The minimum atomic E-state index is -0.157. The highest BCUT2D eigenvalue weighted by Crippen LogP contribution is 2.35. The number of benzene rings is 3. The zero-order valence-corrected chi connectivity index (χ0v) is 18.3. The van der Waals surface area contributed by atoms with E-state index in [-0.39, 0.29) is 18.0 Å². The second-order valence-electron chi connectivity index (χ2n) is 7.11. The lowest BCUT2D eigenvalue weighted by atomic mass is 9.97.